The molecule has 0 spiro atoms. The van der Waals surface area contributed by atoms with Crippen molar-refractivity contribution in [3.63, 3.8) is 0 Å². The number of para-hydroxylation sites is 1. The quantitative estimate of drug-likeness (QED) is 0.588. The van der Waals surface area contributed by atoms with E-state index >= 15 is 0 Å². The van der Waals surface area contributed by atoms with Crippen LogP contribution in [0.1, 0.15) is 20.8 Å². The third-order valence-electron chi connectivity index (χ3n) is 3.53. The summed E-state index contributed by atoms with van der Waals surface area (Å²) in [6, 6.07) is 5.38. The Morgan fingerprint density at radius 1 is 1.21 bits per heavy atom. The highest BCUT2D eigenvalue weighted by molar-refractivity contribution is 7.71. The van der Waals surface area contributed by atoms with Gasteiger partial charge in [-0.1, -0.05) is 12.1 Å². The third kappa shape index (κ3) is 2.80. The summed E-state index contributed by atoms with van der Waals surface area (Å²) in [4.78, 5) is 34.6. The van der Waals surface area contributed by atoms with Crippen molar-refractivity contribution < 1.29 is 9.53 Å². The number of hydrogen-bond acceptors (Lipinski definition) is 4. The van der Waals surface area contributed by atoms with Gasteiger partial charge in [0.2, 0.25) is 0 Å². The van der Waals surface area contributed by atoms with Crippen LogP contribution in [0.15, 0.2) is 23.0 Å². The molecule has 0 aliphatic carbocycles. The van der Waals surface area contributed by atoms with Crippen LogP contribution in [-0.4, -0.2) is 33.7 Å². The molecular formula is C16H18N4O3S. The van der Waals surface area contributed by atoms with Crippen molar-refractivity contribution >= 4 is 45.9 Å². The summed E-state index contributed by atoms with van der Waals surface area (Å²) >= 11 is 5.00. The average molecular weight is 346 g/mol. The maximum atomic E-state index is 12.3. The maximum Gasteiger partial charge on any atom is 0.414 e. The minimum absolute atomic E-state index is 0.237. The Labute approximate surface area is 142 Å². The van der Waals surface area contributed by atoms with Gasteiger partial charge in [0.1, 0.15) is 11.2 Å². The van der Waals surface area contributed by atoms with Gasteiger partial charge in [0, 0.05) is 12.4 Å². The minimum Gasteiger partial charge on any atom is -0.443 e. The van der Waals surface area contributed by atoms with Crippen LogP contribution >= 0.6 is 12.2 Å². The second-order valence-electron chi connectivity index (χ2n) is 6.52. The molecular weight excluding hydrogens is 328 g/mol. The molecule has 126 valence electrons. The highest BCUT2D eigenvalue weighted by Crippen LogP contribution is 2.30. The number of hydrogen-bond donors (Lipinski definition) is 3. The van der Waals surface area contributed by atoms with Gasteiger partial charge in [-0.25, -0.2) is 4.79 Å². The Morgan fingerprint density at radius 3 is 2.58 bits per heavy atom. The molecule has 7 nitrogen and oxygen atoms in total. The number of fused-ring (bicyclic) bond motifs is 3. The van der Waals surface area contributed by atoms with Gasteiger partial charge in [-0.15, -0.1) is 0 Å². The average Bonchev–Trinajstić information content (AvgIpc) is 2.82. The van der Waals surface area contributed by atoms with E-state index in [-0.39, 0.29) is 10.3 Å². The lowest BCUT2D eigenvalue weighted by atomic mass is 10.2. The zero-order valence-electron chi connectivity index (χ0n) is 13.8. The molecule has 0 fully saturated rings. The number of carbonyl (C=O) groups excluding carboxylic acids is 1. The second-order valence-corrected chi connectivity index (χ2v) is 6.93. The standard InChI is InChI=1S/C16H18N4O3S/c1-16(2,3)23-15(22)20(4)9-7-5-6-8-10-12(17-11(8)9)18-14(24)19-13(10)21/h5-7H,1-4H3,(H3,17,18,19,21,24). The molecule has 1 aromatic carbocycles. The summed E-state index contributed by atoms with van der Waals surface area (Å²) in [5, 5.41) is 1.17. The lowest BCUT2D eigenvalue weighted by molar-refractivity contribution is 0.0589. The van der Waals surface area contributed by atoms with E-state index in [1.165, 1.54) is 4.90 Å². The molecule has 3 rings (SSSR count). The van der Waals surface area contributed by atoms with E-state index in [0.717, 1.165) is 0 Å². The lowest BCUT2D eigenvalue weighted by Gasteiger charge is -2.25. The number of rotatable bonds is 1. The van der Waals surface area contributed by atoms with Gasteiger partial charge in [-0.3, -0.25) is 14.7 Å². The number of aromatic nitrogens is 3. The highest BCUT2D eigenvalue weighted by Gasteiger charge is 2.23. The van der Waals surface area contributed by atoms with Crippen LogP contribution in [0.5, 0.6) is 0 Å². The molecule has 3 N–H and O–H groups in total. The number of H-pyrrole nitrogens is 3. The van der Waals surface area contributed by atoms with Crippen molar-refractivity contribution in [2.24, 2.45) is 0 Å². The molecule has 0 atom stereocenters. The van der Waals surface area contributed by atoms with Crippen LogP contribution in [0.3, 0.4) is 0 Å². The molecule has 0 aliphatic rings. The van der Waals surface area contributed by atoms with Crippen molar-refractivity contribution in [2.75, 3.05) is 11.9 Å². The van der Waals surface area contributed by atoms with E-state index in [1.54, 1.807) is 19.2 Å². The van der Waals surface area contributed by atoms with E-state index in [0.29, 0.717) is 27.6 Å². The summed E-state index contributed by atoms with van der Waals surface area (Å²) in [5.74, 6) is 0. The zero-order valence-corrected chi connectivity index (χ0v) is 14.6. The summed E-state index contributed by atoms with van der Waals surface area (Å²) in [7, 11) is 1.63. The predicted molar refractivity (Wildman–Crippen MR) is 96.2 cm³/mol. The van der Waals surface area contributed by atoms with Crippen molar-refractivity contribution in [3.05, 3.63) is 33.3 Å². The van der Waals surface area contributed by atoms with Crippen LogP contribution in [-0.2, 0) is 4.74 Å². The number of benzene rings is 1. The number of carbonyl (C=O) groups is 1. The highest BCUT2D eigenvalue weighted by atomic mass is 32.1. The molecule has 0 radical (unpaired) electrons. The molecule has 1 amide bonds. The van der Waals surface area contributed by atoms with Gasteiger partial charge in [0.05, 0.1) is 16.6 Å². The van der Waals surface area contributed by atoms with Crippen molar-refractivity contribution in [3.8, 4) is 0 Å². The van der Waals surface area contributed by atoms with Crippen LogP contribution in [0, 0.1) is 4.77 Å². The molecule has 0 saturated heterocycles. The largest absolute Gasteiger partial charge is 0.443 e. The summed E-state index contributed by atoms with van der Waals surface area (Å²) < 4.78 is 5.64. The Kier molecular flexibility index (Phi) is 3.71. The first kappa shape index (κ1) is 16.3. The lowest BCUT2D eigenvalue weighted by Crippen LogP contribution is -2.34. The Morgan fingerprint density at radius 2 is 1.92 bits per heavy atom. The number of nitrogens with zero attached hydrogens (tertiary/aromatic N) is 1. The van der Waals surface area contributed by atoms with E-state index in [9.17, 15) is 9.59 Å². The fourth-order valence-electron chi connectivity index (χ4n) is 2.55. The van der Waals surface area contributed by atoms with Gasteiger partial charge in [0.25, 0.3) is 5.56 Å². The van der Waals surface area contributed by atoms with E-state index in [2.05, 4.69) is 15.0 Å². The van der Waals surface area contributed by atoms with Gasteiger partial charge >= 0.3 is 6.09 Å². The van der Waals surface area contributed by atoms with Gasteiger partial charge in [-0.05, 0) is 39.1 Å². The summed E-state index contributed by atoms with van der Waals surface area (Å²) in [6.45, 7) is 5.42. The summed E-state index contributed by atoms with van der Waals surface area (Å²) in [5.41, 5.74) is 0.905. The molecule has 8 heteroatoms. The van der Waals surface area contributed by atoms with E-state index < -0.39 is 11.7 Å². The Bertz CT molecular complexity index is 1060. The van der Waals surface area contributed by atoms with Crippen molar-refractivity contribution in [2.45, 2.75) is 26.4 Å². The predicted octanol–water partition coefficient (Wildman–Crippen LogP) is 3.44. The first-order chi connectivity index (χ1) is 11.2. The number of ether oxygens (including phenoxy) is 1. The fourth-order valence-corrected chi connectivity index (χ4v) is 2.74. The molecule has 2 heterocycles. The minimum atomic E-state index is -0.595. The topological polar surface area (TPSA) is 94.0 Å². The molecule has 0 unspecified atom stereocenters. The van der Waals surface area contributed by atoms with E-state index in [1.807, 2.05) is 26.8 Å². The van der Waals surface area contributed by atoms with Crippen LogP contribution in [0.4, 0.5) is 10.5 Å². The van der Waals surface area contributed by atoms with Gasteiger partial charge in [-0.2, -0.15) is 0 Å². The van der Waals surface area contributed by atoms with Crippen LogP contribution in [0.25, 0.3) is 21.9 Å². The number of aromatic amines is 3. The normalized spacial score (nSPS) is 11.8. The van der Waals surface area contributed by atoms with Gasteiger partial charge in [0.15, 0.2) is 4.77 Å². The van der Waals surface area contributed by atoms with Crippen LogP contribution in [0.2, 0.25) is 0 Å². The third-order valence-corrected chi connectivity index (χ3v) is 3.74. The van der Waals surface area contributed by atoms with Crippen molar-refractivity contribution in [1.82, 2.24) is 15.0 Å². The monoisotopic (exact) mass is 346 g/mol. The maximum absolute atomic E-state index is 12.3. The number of nitrogens with one attached hydrogen (secondary N) is 3. The van der Waals surface area contributed by atoms with E-state index in [4.69, 9.17) is 17.0 Å². The second kappa shape index (κ2) is 5.48. The Hall–Kier alpha value is -2.61. The summed E-state index contributed by atoms with van der Waals surface area (Å²) in [6.07, 6.45) is -0.476. The molecule has 0 aliphatic heterocycles. The molecule has 0 bridgehead atoms. The first-order valence-electron chi connectivity index (χ1n) is 7.41. The zero-order chi connectivity index (χ0) is 17.6. The fraction of sp³-hybridized carbons (Fsp3) is 0.312. The molecule has 24 heavy (non-hydrogen) atoms. The smallest absolute Gasteiger partial charge is 0.414 e. The molecule has 2 aromatic heterocycles. The van der Waals surface area contributed by atoms with Crippen LogP contribution < -0.4 is 10.5 Å². The molecule has 0 saturated carbocycles. The Balaban J connectivity index is 2.19. The number of anilines is 1. The molecule has 3 aromatic rings. The first-order valence-corrected chi connectivity index (χ1v) is 7.82. The SMILES string of the molecule is CN(C(=O)OC(C)(C)C)c1cccc2c1[nH]c1[nH]c(=S)[nH]c(=O)c12. The van der Waals surface area contributed by atoms with Crippen molar-refractivity contribution in [1.29, 1.82) is 0 Å². The van der Waals surface area contributed by atoms with Gasteiger partial charge < -0.3 is 14.7 Å². The number of amides is 1.